The zero-order valence-electron chi connectivity index (χ0n) is 19.7. The van der Waals surface area contributed by atoms with Gasteiger partial charge >= 0.3 is 0 Å². The predicted octanol–water partition coefficient (Wildman–Crippen LogP) is 7.32. The number of aromatic nitrogens is 1. The predicted molar refractivity (Wildman–Crippen MR) is 143 cm³/mol. The first-order chi connectivity index (χ1) is 16.9. The molecule has 0 aliphatic heterocycles. The second-order valence-electron chi connectivity index (χ2n) is 7.94. The Morgan fingerprint density at radius 1 is 1.03 bits per heavy atom. The molecule has 1 N–H and O–H groups in total. The highest BCUT2D eigenvalue weighted by Gasteiger charge is 2.11. The standard InChI is InChI=1S/C28H25ClN2O3S/c1-18-4-10-22(11-5-18)27-19(2)35-28(31-27)30-26(32)15-9-20-8-14-24(25(16-20)33-3)34-17-21-6-12-23(29)13-7-21/h4-16H,17H2,1-3H3,(H,30,31,32). The van der Waals surface area contributed by atoms with Crippen LogP contribution in [0.1, 0.15) is 21.6 Å². The summed E-state index contributed by atoms with van der Waals surface area (Å²) in [7, 11) is 1.58. The number of aryl methyl sites for hydroxylation is 2. The summed E-state index contributed by atoms with van der Waals surface area (Å²) < 4.78 is 11.4. The van der Waals surface area contributed by atoms with Gasteiger partial charge in [0.25, 0.3) is 0 Å². The fraction of sp³-hybridized carbons (Fsp3) is 0.143. The molecule has 1 amide bonds. The van der Waals surface area contributed by atoms with Gasteiger partial charge in [-0.3, -0.25) is 10.1 Å². The highest BCUT2D eigenvalue weighted by atomic mass is 35.5. The first-order valence-corrected chi connectivity index (χ1v) is 12.2. The summed E-state index contributed by atoms with van der Waals surface area (Å²) in [5.74, 6) is 0.946. The van der Waals surface area contributed by atoms with Crippen molar-refractivity contribution < 1.29 is 14.3 Å². The summed E-state index contributed by atoms with van der Waals surface area (Å²) in [6, 6.07) is 21.2. The van der Waals surface area contributed by atoms with Crippen molar-refractivity contribution in [3.8, 4) is 22.8 Å². The molecule has 1 aromatic heterocycles. The van der Waals surface area contributed by atoms with Crippen molar-refractivity contribution in [3.63, 3.8) is 0 Å². The third-order valence-corrected chi connectivity index (χ3v) is 6.41. The number of amides is 1. The largest absolute Gasteiger partial charge is 0.493 e. The third kappa shape index (κ3) is 6.50. The topological polar surface area (TPSA) is 60.5 Å². The monoisotopic (exact) mass is 504 g/mol. The van der Waals surface area contributed by atoms with Gasteiger partial charge < -0.3 is 9.47 Å². The number of rotatable bonds is 8. The average Bonchev–Trinajstić information content (AvgIpc) is 3.22. The second-order valence-corrected chi connectivity index (χ2v) is 9.58. The van der Waals surface area contributed by atoms with Crippen molar-refractivity contribution in [2.24, 2.45) is 0 Å². The van der Waals surface area contributed by atoms with E-state index >= 15 is 0 Å². The van der Waals surface area contributed by atoms with Gasteiger partial charge in [0.15, 0.2) is 16.6 Å². The van der Waals surface area contributed by atoms with Crippen LogP contribution in [0.25, 0.3) is 17.3 Å². The van der Waals surface area contributed by atoms with Crippen LogP contribution in [0, 0.1) is 13.8 Å². The molecule has 3 aromatic carbocycles. The van der Waals surface area contributed by atoms with E-state index in [0.29, 0.717) is 28.3 Å². The molecule has 0 fully saturated rings. The first-order valence-electron chi connectivity index (χ1n) is 11.0. The summed E-state index contributed by atoms with van der Waals surface area (Å²) in [4.78, 5) is 18.1. The molecule has 1 heterocycles. The lowest BCUT2D eigenvalue weighted by atomic mass is 10.1. The highest BCUT2D eigenvalue weighted by Crippen LogP contribution is 2.31. The molecule has 7 heteroatoms. The lowest BCUT2D eigenvalue weighted by molar-refractivity contribution is -0.111. The van der Waals surface area contributed by atoms with E-state index in [0.717, 1.165) is 27.3 Å². The third-order valence-electron chi connectivity index (χ3n) is 5.27. The maximum atomic E-state index is 12.5. The first kappa shape index (κ1) is 24.5. The smallest absolute Gasteiger partial charge is 0.250 e. The molecule has 35 heavy (non-hydrogen) atoms. The van der Waals surface area contributed by atoms with Crippen LogP contribution < -0.4 is 14.8 Å². The quantitative estimate of drug-likeness (QED) is 0.255. The van der Waals surface area contributed by atoms with Crippen LogP contribution >= 0.6 is 22.9 Å². The van der Waals surface area contributed by atoms with Crippen LogP contribution in [0.5, 0.6) is 11.5 Å². The molecule has 4 rings (SSSR count). The van der Waals surface area contributed by atoms with E-state index in [9.17, 15) is 4.79 Å². The summed E-state index contributed by atoms with van der Waals surface area (Å²) in [5.41, 5.74) is 4.92. The molecule has 5 nitrogen and oxygen atoms in total. The number of methoxy groups -OCH3 is 1. The van der Waals surface area contributed by atoms with Crippen LogP contribution in [-0.4, -0.2) is 18.0 Å². The van der Waals surface area contributed by atoms with E-state index in [1.807, 2.05) is 68.4 Å². The molecular formula is C28H25ClN2O3S. The molecule has 4 aromatic rings. The zero-order valence-corrected chi connectivity index (χ0v) is 21.2. The fourth-order valence-electron chi connectivity index (χ4n) is 3.40. The van der Waals surface area contributed by atoms with Crippen molar-refractivity contribution >= 4 is 40.1 Å². The van der Waals surface area contributed by atoms with Gasteiger partial charge in [-0.15, -0.1) is 11.3 Å². The van der Waals surface area contributed by atoms with Crippen molar-refractivity contribution in [2.75, 3.05) is 12.4 Å². The molecule has 0 spiro atoms. The number of benzene rings is 3. The Kier molecular flexibility index (Phi) is 7.85. The van der Waals surface area contributed by atoms with E-state index in [-0.39, 0.29) is 5.91 Å². The van der Waals surface area contributed by atoms with Crippen LogP contribution in [0.3, 0.4) is 0 Å². The van der Waals surface area contributed by atoms with Gasteiger partial charge in [-0.2, -0.15) is 0 Å². The summed E-state index contributed by atoms with van der Waals surface area (Å²) in [5, 5.41) is 4.10. The average molecular weight is 505 g/mol. The minimum Gasteiger partial charge on any atom is -0.493 e. The van der Waals surface area contributed by atoms with E-state index < -0.39 is 0 Å². The van der Waals surface area contributed by atoms with Gasteiger partial charge in [-0.25, -0.2) is 4.98 Å². The Hall–Kier alpha value is -3.61. The number of hydrogen-bond acceptors (Lipinski definition) is 5. The second kappa shape index (κ2) is 11.2. The van der Waals surface area contributed by atoms with Gasteiger partial charge in [0, 0.05) is 21.5 Å². The minimum absolute atomic E-state index is 0.253. The molecule has 178 valence electrons. The van der Waals surface area contributed by atoms with E-state index in [4.69, 9.17) is 21.1 Å². The molecule has 0 radical (unpaired) electrons. The van der Waals surface area contributed by atoms with Crippen LogP contribution in [0.2, 0.25) is 5.02 Å². The molecule has 0 unspecified atom stereocenters. The Morgan fingerprint density at radius 3 is 2.49 bits per heavy atom. The maximum absolute atomic E-state index is 12.5. The normalized spacial score (nSPS) is 11.0. The van der Waals surface area contributed by atoms with Crippen molar-refractivity contribution in [1.29, 1.82) is 0 Å². The maximum Gasteiger partial charge on any atom is 0.250 e. The van der Waals surface area contributed by atoms with E-state index in [1.165, 1.54) is 23.0 Å². The van der Waals surface area contributed by atoms with Crippen molar-refractivity contribution in [1.82, 2.24) is 4.98 Å². The minimum atomic E-state index is -0.253. The number of nitrogens with one attached hydrogen (secondary N) is 1. The van der Waals surface area contributed by atoms with E-state index in [2.05, 4.69) is 22.4 Å². The highest BCUT2D eigenvalue weighted by molar-refractivity contribution is 7.16. The van der Waals surface area contributed by atoms with Gasteiger partial charge in [0.05, 0.1) is 12.8 Å². The van der Waals surface area contributed by atoms with Crippen molar-refractivity contribution in [2.45, 2.75) is 20.5 Å². The summed E-state index contributed by atoms with van der Waals surface area (Å²) in [6.07, 6.45) is 3.20. The molecule has 0 bridgehead atoms. The number of anilines is 1. The lowest BCUT2D eigenvalue weighted by Crippen LogP contribution is -2.07. The van der Waals surface area contributed by atoms with Gasteiger partial charge in [-0.1, -0.05) is 59.6 Å². The Labute approximate surface area is 214 Å². The van der Waals surface area contributed by atoms with E-state index in [1.54, 1.807) is 13.2 Å². The number of carbonyl (C=O) groups is 1. The lowest BCUT2D eigenvalue weighted by Gasteiger charge is -2.11. The number of thiazole rings is 1. The molecular weight excluding hydrogens is 480 g/mol. The van der Waals surface area contributed by atoms with Crippen LogP contribution in [0.4, 0.5) is 5.13 Å². The fourth-order valence-corrected chi connectivity index (χ4v) is 4.36. The van der Waals surface area contributed by atoms with Crippen LogP contribution in [-0.2, 0) is 11.4 Å². The van der Waals surface area contributed by atoms with Gasteiger partial charge in [-0.05, 0) is 55.3 Å². The van der Waals surface area contributed by atoms with Crippen molar-refractivity contribution in [3.05, 3.63) is 99.4 Å². The molecule has 0 aliphatic carbocycles. The number of ether oxygens (including phenoxy) is 2. The van der Waals surface area contributed by atoms with Gasteiger partial charge in [0.1, 0.15) is 6.61 Å². The Balaban J connectivity index is 1.39. The Bertz CT molecular complexity index is 1350. The number of hydrogen-bond donors (Lipinski definition) is 1. The summed E-state index contributed by atoms with van der Waals surface area (Å²) in [6.45, 7) is 4.44. The molecule has 0 atom stereocenters. The molecule has 0 aliphatic rings. The zero-order chi connectivity index (χ0) is 24.8. The SMILES string of the molecule is COc1cc(C=CC(=O)Nc2nc(-c3ccc(C)cc3)c(C)s2)ccc1OCc1ccc(Cl)cc1. The van der Waals surface area contributed by atoms with Gasteiger partial charge in [0.2, 0.25) is 5.91 Å². The van der Waals surface area contributed by atoms with Crippen LogP contribution in [0.15, 0.2) is 72.8 Å². The molecule has 0 saturated heterocycles. The number of carbonyl (C=O) groups excluding carboxylic acids is 1. The summed E-state index contributed by atoms with van der Waals surface area (Å²) >= 11 is 7.39. The molecule has 0 saturated carbocycles. The number of halogens is 1. The Morgan fingerprint density at radius 2 is 1.77 bits per heavy atom. The number of nitrogens with zero attached hydrogens (tertiary/aromatic N) is 1.